The van der Waals surface area contributed by atoms with Gasteiger partial charge in [0.25, 0.3) is 5.24 Å². The predicted molar refractivity (Wildman–Crippen MR) is 76.3 cm³/mol. The number of halogens is 2. The summed E-state index contributed by atoms with van der Waals surface area (Å²) in [6.45, 7) is 0. The molecule has 0 fully saturated rings. The van der Waals surface area contributed by atoms with Crippen molar-refractivity contribution in [3.63, 3.8) is 0 Å². The molecule has 0 saturated carbocycles. The van der Waals surface area contributed by atoms with Gasteiger partial charge >= 0.3 is 0 Å². The number of hydrogen-bond acceptors (Lipinski definition) is 2. The van der Waals surface area contributed by atoms with Crippen LogP contribution in [-0.4, -0.2) is 14.8 Å². The van der Waals surface area contributed by atoms with Crippen molar-refractivity contribution in [1.82, 2.24) is 9.55 Å². The summed E-state index contributed by atoms with van der Waals surface area (Å²) < 4.78 is 1.91. The van der Waals surface area contributed by atoms with Crippen LogP contribution in [0, 0.1) is 0 Å². The Balaban J connectivity index is 2.18. The maximum absolute atomic E-state index is 11.1. The quantitative estimate of drug-likeness (QED) is 0.667. The van der Waals surface area contributed by atoms with Crippen LogP contribution in [0.15, 0.2) is 48.8 Å². The molecule has 0 aliphatic rings. The van der Waals surface area contributed by atoms with Crippen molar-refractivity contribution in [3.8, 4) is 5.69 Å². The number of rotatable bonds is 2. The second-order valence-corrected chi connectivity index (χ2v) is 4.85. The molecule has 0 atom stereocenters. The monoisotopic (exact) mass is 290 g/mol. The van der Waals surface area contributed by atoms with Crippen LogP contribution in [0.1, 0.15) is 10.4 Å². The van der Waals surface area contributed by atoms with Gasteiger partial charge in [-0.05, 0) is 48.0 Å². The average molecular weight is 291 g/mol. The first-order valence-electron chi connectivity index (χ1n) is 5.58. The third-order valence-electron chi connectivity index (χ3n) is 2.86. The van der Waals surface area contributed by atoms with Gasteiger partial charge in [0, 0.05) is 16.3 Å². The van der Waals surface area contributed by atoms with Crippen LogP contribution in [0.5, 0.6) is 0 Å². The molecule has 5 heteroatoms. The molecule has 3 nitrogen and oxygen atoms in total. The van der Waals surface area contributed by atoms with Gasteiger partial charge in [-0.3, -0.25) is 9.36 Å². The van der Waals surface area contributed by atoms with Crippen molar-refractivity contribution in [3.05, 3.63) is 59.4 Å². The Morgan fingerprint density at radius 2 is 2.00 bits per heavy atom. The molecule has 3 aromatic rings. The Hall–Kier alpha value is -1.84. The topological polar surface area (TPSA) is 34.9 Å². The van der Waals surface area contributed by atoms with Crippen molar-refractivity contribution in [2.45, 2.75) is 0 Å². The molecule has 0 saturated heterocycles. The Bertz CT molecular complexity index is 780. The van der Waals surface area contributed by atoms with Gasteiger partial charge in [-0.2, -0.15) is 0 Å². The molecule has 3 rings (SSSR count). The number of carbonyl (C=O) groups excluding carboxylic acids is 1. The van der Waals surface area contributed by atoms with Crippen LogP contribution >= 0.6 is 23.2 Å². The van der Waals surface area contributed by atoms with Crippen molar-refractivity contribution in [2.24, 2.45) is 0 Å². The van der Waals surface area contributed by atoms with Gasteiger partial charge in [-0.25, -0.2) is 4.98 Å². The highest BCUT2D eigenvalue weighted by atomic mass is 35.5. The smallest absolute Gasteiger partial charge is 0.252 e. The molecular formula is C14H8Cl2N2O. The largest absolute Gasteiger partial charge is 0.299 e. The number of fused-ring (bicyclic) bond motifs is 1. The Morgan fingerprint density at radius 1 is 1.16 bits per heavy atom. The van der Waals surface area contributed by atoms with E-state index in [1.807, 2.05) is 34.9 Å². The third-order valence-corrected chi connectivity index (χ3v) is 3.31. The van der Waals surface area contributed by atoms with Crippen LogP contribution < -0.4 is 0 Å². The minimum atomic E-state index is -0.487. The normalized spacial score (nSPS) is 10.8. The lowest BCUT2D eigenvalue weighted by Crippen LogP contribution is -1.92. The standard InChI is InChI=1S/C14H8Cl2N2O/c15-10-2-1-3-11(7-10)18-8-17-12-6-9(14(16)19)4-5-13(12)18/h1-8H. The lowest BCUT2D eigenvalue weighted by Gasteiger charge is -2.04. The molecule has 0 amide bonds. The van der Waals surface area contributed by atoms with Crippen molar-refractivity contribution in [1.29, 1.82) is 0 Å². The first-order chi connectivity index (χ1) is 9.15. The van der Waals surface area contributed by atoms with Crippen LogP contribution in [0.2, 0.25) is 5.02 Å². The zero-order chi connectivity index (χ0) is 13.4. The van der Waals surface area contributed by atoms with Crippen molar-refractivity contribution in [2.75, 3.05) is 0 Å². The number of benzene rings is 2. The van der Waals surface area contributed by atoms with E-state index in [0.29, 0.717) is 16.1 Å². The molecule has 0 spiro atoms. The average Bonchev–Trinajstić information content (AvgIpc) is 2.81. The van der Waals surface area contributed by atoms with E-state index in [-0.39, 0.29) is 0 Å². The first kappa shape index (κ1) is 12.2. The summed E-state index contributed by atoms with van der Waals surface area (Å²) in [6.07, 6.45) is 1.69. The number of imidazole rings is 1. The van der Waals surface area contributed by atoms with E-state index in [9.17, 15) is 4.79 Å². The fourth-order valence-corrected chi connectivity index (χ4v) is 2.27. The molecule has 0 aliphatic heterocycles. The minimum absolute atomic E-state index is 0.436. The summed E-state index contributed by atoms with van der Waals surface area (Å²) in [5.74, 6) is 0. The van der Waals surface area contributed by atoms with Gasteiger partial charge in [0.15, 0.2) is 0 Å². The highest BCUT2D eigenvalue weighted by Crippen LogP contribution is 2.22. The van der Waals surface area contributed by atoms with E-state index in [0.717, 1.165) is 11.2 Å². The Kier molecular flexibility index (Phi) is 3.01. The van der Waals surface area contributed by atoms with E-state index in [1.54, 1.807) is 18.5 Å². The molecule has 0 bridgehead atoms. The number of aromatic nitrogens is 2. The van der Waals surface area contributed by atoms with Gasteiger partial charge in [-0.15, -0.1) is 0 Å². The maximum Gasteiger partial charge on any atom is 0.252 e. The molecule has 0 N–H and O–H groups in total. The highest BCUT2D eigenvalue weighted by molar-refractivity contribution is 6.67. The molecular weight excluding hydrogens is 283 g/mol. The summed E-state index contributed by atoms with van der Waals surface area (Å²) in [5.41, 5.74) is 2.96. The summed E-state index contributed by atoms with van der Waals surface area (Å²) in [5, 5.41) is 0.172. The lowest BCUT2D eigenvalue weighted by atomic mass is 10.2. The number of hydrogen-bond donors (Lipinski definition) is 0. The maximum atomic E-state index is 11.1. The highest BCUT2D eigenvalue weighted by Gasteiger charge is 2.08. The lowest BCUT2D eigenvalue weighted by molar-refractivity contribution is 0.108. The van der Waals surface area contributed by atoms with Crippen LogP contribution in [0.4, 0.5) is 0 Å². The Morgan fingerprint density at radius 3 is 2.74 bits per heavy atom. The van der Waals surface area contributed by atoms with Crippen LogP contribution in [-0.2, 0) is 0 Å². The van der Waals surface area contributed by atoms with E-state index in [4.69, 9.17) is 23.2 Å². The van der Waals surface area contributed by atoms with Gasteiger partial charge in [0.05, 0.1) is 11.0 Å². The molecule has 0 aliphatic carbocycles. The van der Waals surface area contributed by atoms with Crippen LogP contribution in [0.25, 0.3) is 16.7 Å². The summed E-state index contributed by atoms with van der Waals surface area (Å²) in [4.78, 5) is 15.4. The first-order valence-corrected chi connectivity index (χ1v) is 6.33. The molecule has 2 aromatic carbocycles. The van der Waals surface area contributed by atoms with Crippen LogP contribution in [0.3, 0.4) is 0 Å². The fraction of sp³-hybridized carbons (Fsp3) is 0. The van der Waals surface area contributed by atoms with Gasteiger partial charge in [-0.1, -0.05) is 17.7 Å². The predicted octanol–water partition coefficient (Wildman–Crippen LogP) is 4.06. The molecule has 0 radical (unpaired) electrons. The number of nitrogens with zero attached hydrogens (tertiary/aromatic N) is 2. The summed E-state index contributed by atoms with van der Waals surface area (Å²) >= 11 is 11.4. The van der Waals surface area contributed by atoms with Gasteiger partial charge in [0.1, 0.15) is 6.33 Å². The molecule has 1 aromatic heterocycles. The summed E-state index contributed by atoms with van der Waals surface area (Å²) in [6, 6.07) is 12.6. The molecule has 1 heterocycles. The third kappa shape index (κ3) is 2.23. The number of carbonyl (C=O) groups is 1. The van der Waals surface area contributed by atoms with E-state index in [1.165, 1.54) is 0 Å². The zero-order valence-corrected chi connectivity index (χ0v) is 11.2. The molecule has 0 unspecified atom stereocenters. The van der Waals surface area contributed by atoms with Gasteiger partial charge in [0.2, 0.25) is 0 Å². The van der Waals surface area contributed by atoms with Gasteiger partial charge < -0.3 is 0 Å². The van der Waals surface area contributed by atoms with E-state index in [2.05, 4.69) is 4.98 Å². The van der Waals surface area contributed by atoms with Crippen molar-refractivity contribution < 1.29 is 4.79 Å². The second-order valence-electron chi connectivity index (χ2n) is 4.07. The fourth-order valence-electron chi connectivity index (χ4n) is 1.97. The minimum Gasteiger partial charge on any atom is -0.299 e. The Labute approximate surface area is 119 Å². The molecule has 19 heavy (non-hydrogen) atoms. The zero-order valence-electron chi connectivity index (χ0n) is 9.68. The van der Waals surface area contributed by atoms with E-state index < -0.39 is 5.24 Å². The van der Waals surface area contributed by atoms with Crippen molar-refractivity contribution >= 4 is 39.5 Å². The molecule has 94 valence electrons. The summed E-state index contributed by atoms with van der Waals surface area (Å²) in [7, 11) is 0. The second kappa shape index (κ2) is 4.68. The SMILES string of the molecule is O=C(Cl)c1ccc2c(c1)ncn2-c1cccc(Cl)c1. The van der Waals surface area contributed by atoms with E-state index >= 15 is 0 Å².